The summed E-state index contributed by atoms with van der Waals surface area (Å²) in [5.74, 6) is -0.280. The summed E-state index contributed by atoms with van der Waals surface area (Å²) < 4.78 is 24.8. The van der Waals surface area contributed by atoms with Crippen molar-refractivity contribution in [1.29, 1.82) is 0 Å². The molecule has 0 saturated heterocycles. The van der Waals surface area contributed by atoms with Gasteiger partial charge in [-0.1, -0.05) is 41.1 Å². The number of halogens is 1. The van der Waals surface area contributed by atoms with E-state index >= 15 is 0 Å². The lowest BCUT2D eigenvalue weighted by molar-refractivity contribution is -0.387. The molecule has 0 bridgehead atoms. The molecule has 0 saturated carbocycles. The van der Waals surface area contributed by atoms with Crippen LogP contribution in [0.1, 0.15) is 5.56 Å². The third-order valence-corrected chi connectivity index (χ3v) is 6.15. The molecule has 2 aromatic carbocycles. The summed E-state index contributed by atoms with van der Waals surface area (Å²) in [6.45, 7) is 1.83. The van der Waals surface area contributed by atoms with Gasteiger partial charge in [0.15, 0.2) is 5.03 Å². The maximum absolute atomic E-state index is 12.4. The molecule has 0 aliphatic heterocycles. The monoisotopic (exact) mass is 451 g/mol. The van der Waals surface area contributed by atoms with Crippen LogP contribution in [0.5, 0.6) is 0 Å². The number of nitrogens with zero attached hydrogens (tertiary/aromatic N) is 3. The van der Waals surface area contributed by atoms with Gasteiger partial charge >= 0.3 is 5.69 Å². The van der Waals surface area contributed by atoms with Crippen molar-refractivity contribution in [3.8, 4) is 0 Å². The number of hydrogen-bond acceptors (Lipinski definition) is 8. The molecule has 0 fully saturated rings. The zero-order valence-corrected chi connectivity index (χ0v) is 17.3. The number of aromatic nitrogens is 2. The van der Waals surface area contributed by atoms with E-state index in [-0.39, 0.29) is 15.7 Å². The Morgan fingerprint density at radius 1 is 1.07 bits per heavy atom. The van der Waals surface area contributed by atoms with Gasteiger partial charge in [0.05, 0.1) is 9.82 Å². The quantitative estimate of drug-likeness (QED) is 0.315. The second-order valence-electron chi connectivity index (χ2n) is 5.73. The predicted octanol–water partition coefficient (Wildman–Crippen LogP) is 3.80. The normalized spacial score (nSPS) is 11.2. The smallest absolute Gasteiger partial charge is 0.286 e. The predicted molar refractivity (Wildman–Crippen MR) is 109 cm³/mol. The molecule has 0 amide bonds. The summed E-state index contributed by atoms with van der Waals surface area (Å²) in [7, 11) is -3.96. The lowest BCUT2D eigenvalue weighted by Crippen LogP contribution is -2.30. The van der Waals surface area contributed by atoms with Crippen LogP contribution in [-0.2, 0) is 10.0 Å². The van der Waals surface area contributed by atoms with Crippen LogP contribution in [0, 0.1) is 17.0 Å². The topological polar surface area (TPSA) is 127 Å². The standard InChI is InChI=1S/C17H14ClN5O4S2/c1-11-2-8-14(9-3-11)29(26,27)22-21-16-15(23(24)25)17(20-10-19-16)28-13-6-4-12(18)5-7-13/h2-10,22H,1H3,(H,19,20,21). The van der Waals surface area contributed by atoms with E-state index in [2.05, 4.69) is 20.2 Å². The van der Waals surface area contributed by atoms with Crippen molar-refractivity contribution in [2.75, 3.05) is 5.43 Å². The third-order valence-electron chi connectivity index (χ3n) is 3.63. The van der Waals surface area contributed by atoms with Crippen molar-refractivity contribution < 1.29 is 13.3 Å². The van der Waals surface area contributed by atoms with Crippen LogP contribution in [0.25, 0.3) is 0 Å². The fraction of sp³-hybridized carbons (Fsp3) is 0.0588. The zero-order valence-electron chi connectivity index (χ0n) is 14.9. The Hall–Kier alpha value is -2.73. The number of hydrazine groups is 1. The number of anilines is 1. The van der Waals surface area contributed by atoms with Gasteiger partial charge in [0.1, 0.15) is 6.33 Å². The summed E-state index contributed by atoms with van der Waals surface area (Å²) in [5.41, 5.74) is 2.75. The van der Waals surface area contributed by atoms with Gasteiger partial charge in [-0.3, -0.25) is 15.5 Å². The van der Waals surface area contributed by atoms with Crippen LogP contribution in [0.2, 0.25) is 5.02 Å². The van der Waals surface area contributed by atoms with Gasteiger partial charge in [0, 0.05) is 9.92 Å². The summed E-state index contributed by atoms with van der Waals surface area (Å²) in [6, 6.07) is 12.8. The molecule has 0 aliphatic rings. The second-order valence-corrected chi connectivity index (χ2v) is 8.91. The molecule has 9 nitrogen and oxygen atoms in total. The first-order valence-electron chi connectivity index (χ1n) is 8.03. The molecule has 1 aromatic heterocycles. The SMILES string of the molecule is Cc1ccc(S(=O)(=O)NNc2ncnc(Sc3ccc(Cl)cc3)c2[N+](=O)[O-])cc1. The average molecular weight is 452 g/mol. The molecule has 0 unspecified atom stereocenters. The lowest BCUT2D eigenvalue weighted by atomic mass is 10.2. The van der Waals surface area contributed by atoms with E-state index in [0.717, 1.165) is 23.7 Å². The Kier molecular flexibility index (Phi) is 6.33. The number of aryl methyl sites for hydroxylation is 1. The Labute approximate surface area is 175 Å². The van der Waals surface area contributed by atoms with Crippen molar-refractivity contribution >= 4 is 44.9 Å². The van der Waals surface area contributed by atoms with Crippen molar-refractivity contribution in [3.05, 3.63) is 75.6 Å². The first-order valence-corrected chi connectivity index (χ1v) is 10.7. The maximum atomic E-state index is 12.4. The highest BCUT2D eigenvalue weighted by Crippen LogP contribution is 2.36. The van der Waals surface area contributed by atoms with Crippen LogP contribution in [-0.4, -0.2) is 23.3 Å². The zero-order chi connectivity index (χ0) is 21.0. The third kappa shape index (κ3) is 5.21. The van der Waals surface area contributed by atoms with Gasteiger partial charge in [-0.15, -0.1) is 4.83 Å². The fourth-order valence-electron chi connectivity index (χ4n) is 2.20. The number of nitro groups is 1. The molecule has 0 spiro atoms. The van der Waals surface area contributed by atoms with Gasteiger partial charge in [-0.2, -0.15) is 0 Å². The Balaban J connectivity index is 1.86. The summed E-state index contributed by atoms with van der Waals surface area (Å²) in [6.07, 6.45) is 1.10. The van der Waals surface area contributed by atoms with Gasteiger partial charge in [0.2, 0.25) is 5.82 Å². The van der Waals surface area contributed by atoms with Crippen molar-refractivity contribution in [3.63, 3.8) is 0 Å². The first kappa shape index (κ1) is 21.0. The number of benzene rings is 2. The van der Waals surface area contributed by atoms with E-state index in [0.29, 0.717) is 9.92 Å². The summed E-state index contributed by atoms with van der Waals surface area (Å²) in [4.78, 5) is 21.4. The fourth-order valence-corrected chi connectivity index (χ4v) is 4.03. The van der Waals surface area contributed by atoms with Crippen molar-refractivity contribution in [2.24, 2.45) is 0 Å². The Bertz CT molecular complexity index is 1140. The highest BCUT2D eigenvalue weighted by atomic mass is 35.5. The molecule has 150 valence electrons. The molecular formula is C17H14ClN5O4S2. The molecule has 2 N–H and O–H groups in total. The van der Waals surface area contributed by atoms with E-state index in [1.54, 1.807) is 36.4 Å². The van der Waals surface area contributed by atoms with E-state index in [9.17, 15) is 18.5 Å². The number of hydrogen-bond donors (Lipinski definition) is 2. The van der Waals surface area contributed by atoms with Gasteiger partial charge in [-0.05, 0) is 43.3 Å². The van der Waals surface area contributed by atoms with Crippen molar-refractivity contribution in [2.45, 2.75) is 21.7 Å². The number of sulfonamides is 1. The minimum Gasteiger partial charge on any atom is -0.286 e. The van der Waals surface area contributed by atoms with Crippen LogP contribution >= 0.6 is 23.4 Å². The van der Waals surface area contributed by atoms with Gasteiger partial charge < -0.3 is 0 Å². The average Bonchev–Trinajstić information content (AvgIpc) is 2.68. The Morgan fingerprint density at radius 3 is 2.34 bits per heavy atom. The Morgan fingerprint density at radius 2 is 1.72 bits per heavy atom. The highest BCUT2D eigenvalue weighted by molar-refractivity contribution is 7.99. The van der Waals surface area contributed by atoms with Crippen LogP contribution in [0.4, 0.5) is 11.5 Å². The minimum absolute atomic E-state index is 0.00284. The number of nitrogens with one attached hydrogen (secondary N) is 2. The van der Waals surface area contributed by atoms with Crippen LogP contribution in [0.15, 0.2) is 69.7 Å². The van der Waals surface area contributed by atoms with E-state index in [1.165, 1.54) is 12.1 Å². The largest absolute Gasteiger partial charge is 0.344 e. The van der Waals surface area contributed by atoms with E-state index < -0.39 is 20.6 Å². The lowest BCUT2D eigenvalue weighted by Gasteiger charge is -2.10. The van der Waals surface area contributed by atoms with E-state index in [4.69, 9.17) is 11.6 Å². The highest BCUT2D eigenvalue weighted by Gasteiger charge is 2.25. The van der Waals surface area contributed by atoms with Gasteiger partial charge in [0.25, 0.3) is 10.0 Å². The van der Waals surface area contributed by atoms with Crippen LogP contribution < -0.4 is 10.3 Å². The van der Waals surface area contributed by atoms with Crippen molar-refractivity contribution in [1.82, 2.24) is 14.8 Å². The molecule has 12 heteroatoms. The van der Waals surface area contributed by atoms with Crippen LogP contribution in [0.3, 0.4) is 0 Å². The first-order chi connectivity index (χ1) is 13.8. The van der Waals surface area contributed by atoms with E-state index in [1.807, 2.05) is 6.92 Å². The molecule has 0 radical (unpaired) electrons. The van der Waals surface area contributed by atoms with Gasteiger partial charge in [-0.25, -0.2) is 18.4 Å². The molecule has 0 atom stereocenters. The minimum atomic E-state index is -3.96. The molecule has 29 heavy (non-hydrogen) atoms. The summed E-state index contributed by atoms with van der Waals surface area (Å²) >= 11 is 6.87. The molecule has 3 aromatic rings. The maximum Gasteiger partial charge on any atom is 0.344 e. The number of rotatable bonds is 7. The summed E-state index contributed by atoms with van der Waals surface area (Å²) in [5, 5.41) is 12.2. The molecule has 1 heterocycles. The molecular weight excluding hydrogens is 438 g/mol. The second kappa shape index (κ2) is 8.74. The molecule has 0 aliphatic carbocycles. The molecule has 3 rings (SSSR count).